The van der Waals surface area contributed by atoms with Crippen LogP contribution in [0.1, 0.15) is 60.6 Å². The van der Waals surface area contributed by atoms with Crippen LogP contribution < -0.4 is 15.3 Å². The minimum absolute atomic E-state index is 0.00196. The van der Waals surface area contributed by atoms with Crippen molar-refractivity contribution in [2.45, 2.75) is 97.2 Å². The van der Waals surface area contributed by atoms with Crippen LogP contribution in [-0.4, -0.2) is 74.0 Å². The van der Waals surface area contributed by atoms with Crippen molar-refractivity contribution in [3.63, 3.8) is 0 Å². The van der Waals surface area contributed by atoms with E-state index in [9.17, 15) is 18.9 Å². The monoisotopic (exact) mass is 662 g/mol. The molecule has 0 saturated carbocycles. The number of rotatable bonds is 14. The van der Waals surface area contributed by atoms with Gasteiger partial charge in [0.1, 0.15) is 29.7 Å². The number of nitrogens with one attached hydrogen (secondary N) is 1. The molecule has 3 unspecified atom stereocenters. The van der Waals surface area contributed by atoms with Crippen LogP contribution in [0.15, 0.2) is 43.0 Å². The number of nitrogens with two attached hydrogens (primary N) is 1. The molecule has 3 heterocycles. The Morgan fingerprint density at radius 2 is 1.65 bits per heavy atom. The number of imidazole rings is 1. The quantitative estimate of drug-likeness (QED) is 0.144. The van der Waals surface area contributed by atoms with Gasteiger partial charge >= 0.3 is 25.7 Å². The first kappa shape index (κ1) is 34.8. The van der Waals surface area contributed by atoms with Crippen molar-refractivity contribution in [2.75, 3.05) is 5.73 Å². The van der Waals surface area contributed by atoms with Gasteiger partial charge in [0.2, 0.25) is 0 Å². The van der Waals surface area contributed by atoms with Crippen LogP contribution in [0.2, 0.25) is 0 Å². The van der Waals surface area contributed by atoms with Gasteiger partial charge in [0.15, 0.2) is 29.9 Å². The van der Waals surface area contributed by atoms with E-state index < -0.39 is 68.4 Å². The molecular weight excluding hydrogens is 623 g/mol. The number of nitrogen functional groups attached to an aromatic ring is 1. The molecule has 3 N–H and O–H groups in total. The van der Waals surface area contributed by atoms with Gasteiger partial charge < -0.3 is 29.2 Å². The highest BCUT2D eigenvalue weighted by Gasteiger charge is 2.54. The molecule has 0 bridgehead atoms. The van der Waals surface area contributed by atoms with Gasteiger partial charge in [0.25, 0.3) is 0 Å². The molecular formula is C29H39N6O10P. The zero-order valence-corrected chi connectivity index (χ0v) is 27.3. The molecule has 0 amide bonds. The number of esters is 3. The highest BCUT2D eigenvalue weighted by atomic mass is 31.2. The molecule has 1 aromatic carbocycles. The molecule has 0 aliphatic carbocycles. The number of anilines is 1. The van der Waals surface area contributed by atoms with Crippen LogP contribution in [0.4, 0.5) is 5.82 Å². The van der Waals surface area contributed by atoms with Crippen LogP contribution in [0.25, 0.3) is 11.2 Å². The second-order valence-electron chi connectivity index (χ2n) is 10.7. The summed E-state index contributed by atoms with van der Waals surface area (Å²) in [5, 5.41) is 2.63. The van der Waals surface area contributed by atoms with Crippen molar-refractivity contribution in [3.8, 4) is 5.75 Å². The van der Waals surface area contributed by atoms with E-state index in [1.165, 1.54) is 31.1 Å². The molecule has 16 nitrogen and oxygen atoms in total. The minimum atomic E-state index is -4.38. The van der Waals surface area contributed by atoms with Gasteiger partial charge in [0.05, 0.1) is 18.5 Å². The Morgan fingerprint density at radius 1 is 1.00 bits per heavy atom. The zero-order valence-electron chi connectivity index (χ0n) is 26.4. The molecule has 3 aromatic rings. The summed E-state index contributed by atoms with van der Waals surface area (Å²) in [5.74, 6) is -1.60. The predicted molar refractivity (Wildman–Crippen MR) is 163 cm³/mol. The summed E-state index contributed by atoms with van der Waals surface area (Å²) >= 11 is 0. The Balaban J connectivity index is 1.72. The Labute approximate surface area is 265 Å². The number of aromatic nitrogens is 4. The van der Waals surface area contributed by atoms with Crippen molar-refractivity contribution in [1.82, 2.24) is 24.6 Å². The number of carbonyl (C=O) groups is 3. The Bertz CT molecular complexity index is 1570. The van der Waals surface area contributed by atoms with Crippen LogP contribution >= 0.6 is 7.75 Å². The van der Waals surface area contributed by atoms with E-state index in [-0.39, 0.29) is 35.6 Å². The SMILES string of the molecule is CCC(=O)O[C@@H]1[C@H](OC(=O)CC)[C@@H](C(C)OP(=O)(NC(C)C(=O)OC(C)C)Oc2ccccc2)O[C@H]1n1cnc2c(N)ncnc21. The number of benzene rings is 1. The second-order valence-corrected chi connectivity index (χ2v) is 12.4. The van der Waals surface area contributed by atoms with Crippen LogP contribution in [0.5, 0.6) is 5.75 Å². The molecule has 0 radical (unpaired) electrons. The fraction of sp³-hybridized carbons (Fsp3) is 0.517. The standard InChI is InChI=1S/C29H39N6O10P/c1-7-20(36)41-24-23(43-28(25(24)42-21(37)8-2)35-15-33-22-26(30)31-14-32-27(22)35)18(6)44-46(39,45-19-12-10-9-11-13-19)34-17(5)29(38)40-16(3)4/h9-18,23-25,28H,7-8H2,1-6H3,(H,34,39)(H2,30,31,32)/t17?,18?,23-,24-,25-,28-,46?/m1/s1. The fourth-order valence-corrected chi connectivity index (χ4v) is 6.35. The normalized spacial score (nSPS) is 22.2. The molecule has 0 spiro atoms. The maximum atomic E-state index is 14.3. The summed E-state index contributed by atoms with van der Waals surface area (Å²) in [5.41, 5.74) is 6.52. The average molecular weight is 663 g/mol. The lowest BCUT2D eigenvalue weighted by Crippen LogP contribution is -2.44. The third-order valence-corrected chi connectivity index (χ3v) is 8.56. The maximum Gasteiger partial charge on any atom is 0.459 e. The number of hydrogen-bond donors (Lipinski definition) is 2. The summed E-state index contributed by atoms with van der Waals surface area (Å²) in [6.45, 7) is 9.54. The second kappa shape index (κ2) is 15.0. The Kier molecular flexibility index (Phi) is 11.3. The minimum Gasteiger partial charge on any atom is -0.462 e. The van der Waals surface area contributed by atoms with E-state index in [0.29, 0.717) is 0 Å². The largest absolute Gasteiger partial charge is 0.462 e. The molecule has 17 heteroatoms. The molecule has 1 aliphatic heterocycles. The number of fused-ring (bicyclic) bond motifs is 1. The third kappa shape index (κ3) is 8.18. The maximum absolute atomic E-state index is 14.3. The van der Waals surface area contributed by atoms with Gasteiger partial charge in [-0.2, -0.15) is 5.09 Å². The lowest BCUT2D eigenvalue weighted by molar-refractivity contribution is -0.168. The van der Waals surface area contributed by atoms with Gasteiger partial charge in [-0.15, -0.1) is 0 Å². The van der Waals surface area contributed by atoms with Gasteiger partial charge in [-0.3, -0.25) is 23.5 Å². The number of para-hydroxylation sites is 1. The summed E-state index contributed by atoms with van der Waals surface area (Å²) in [4.78, 5) is 50.4. The van der Waals surface area contributed by atoms with Gasteiger partial charge in [-0.1, -0.05) is 32.0 Å². The molecule has 1 saturated heterocycles. The highest BCUT2D eigenvalue weighted by molar-refractivity contribution is 7.52. The number of hydrogen-bond acceptors (Lipinski definition) is 14. The van der Waals surface area contributed by atoms with E-state index >= 15 is 0 Å². The molecule has 1 aliphatic rings. The van der Waals surface area contributed by atoms with Gasteiger partial charge in [-0.25, -0.2) is 19.5 Å². The van der Waals surface area contributed by atoms with Crippen molar-refractivity contribution < 1.29 is 46.9 Å². The number of ether oxygens (including phenoxy) is 4. The fourth-order valence-electron chi connectivity index (χ4n) is 4.65. The van der Waals surface area contributed by atoms with Crippen molar-refractivity contribution in [3.05, 3.63) is 43.0 Å². The van der Waals surface area contributed by atoms with E-state index in [0.717, 1.165) is 0 Å². The van der Waals surface area contributed by atoms with Crippen LogP contribution in [0, 0.1) is 0 Å². The summed E-state index contributed by atoms with van der Waals surface area (Å²) in [6, 6.07) is 7.09. The molecule has 1 fully saturated rings. The average Bonchev–Trinajstić information content (AvgIpc) is 3.59. The topological polar surface area (TPSA) is 205 Å². The summed E-state index contributed by atoms with van der Waals surface area (Å²) < 4.78 is 50.8. The van der Waals surface area contributed by atoms with Crippen LogP contribution in [0.3, 0.4) is 0 Å². The first-order valence-corrected chi connectivity index (χ1v) is 16.4. The van der Waals surface area contributed by atoms with Gasteiger partial charge in [0, 0.05) is 12.8 Å². The zero-order chi connectivity index (χ0) is 33.6. The van der Waals surface area contributed by atoms with E-state index in [4.69, 9.17) is 33.7 Å². The smallest absolute Gasteiger partial charge is 0.459 e. The molecule has 7 atom stereocenters. The molecule has 4 rings (SSSR count). The van der Waals surface area contributed by atoms with Crippen molar-refractivity contribution in [2.24, 2.45) is 0 Å². The summed E-state index contributed by atoms with van der Waals surface area (Å²) in [7, 11) is -4.38. The first-order chi connectivity index (χ1) is 21.9. The van der Waals surface area contributed by atoms with E-state index in [1.807, 2.05) is 0 Å². The Morgan fingerprint density at radius 3 is 2.28 bits per heavy atom. The lowest BCUT2D eigenvalue weighted by Gasteiger charge is -2.30. The van der Waals surface area contributed by atoms with Gasteiger partial charge in [-0.05, 0) is 39.8 Å². The third-order valence-electron chi connectivity index (χ3n) is 6.79. The van der Waals surface area contributed by atoms with Crippen molar-refractivity contribution >= 4 is 42.6 Å². The van der Waals surface area contributed by atoms with Crippen molar-refractivity contribution in [1.29, 1.82) is 0 Å². The lowest BCUT2D eigenvalue weighted by atomic mass is 10.1. The number of nitrogens with zero attached hydrogens (tertiary/aromatic N) is 4. The van der Waals surface area contributed by atoms with Crippen LogP contribution in [-0.2, 0) is 42.4 Å². The molecule has 46 heavy (non-hydrogen) atoms. The van der Waals surface area contributed by atoms with E-state index in [1.54, 1.807) is 58.0 Å². The highest BCUT2D eigenvalue weighted by Crippen LogP contribution is 2.48. The first-order valence-electron chi connectivity index (χ1n) is 14.8. The van der Waals surface area contributed by atoms with E-state index in [2.05, 4.69) is 20.0 Å². The summed E-state index contributed by atoms with van der Waals surface area (Å²) in [6.07, 6.45) is -3.72. The number of carbonyl (C=O) groups excluding carboxylic acids is 3. The molecule has 2 aromatic heterocycles. The Hall–Kier alpha value is -4.11. The molecule has 250 valence electrons. The predicted octanol–water partition coefficient (Wildman–Crippen LogP) is 3.47.